The van der Waals surface area contributed by atoms with Crippen molar-refractivity contribution in [1.29, 1.82) is 0 Å². The summed E-state index contributed by atoms with van der Waals surface area (Å²) in [7, 11) is 1.54. The average Bonchev–Trinajstić information content (AvgIpc) is 2.36. The van der Waals surface area contributed by atoms with Gasteiger partial charge in [-0.05, 0) is 19.9 Å². The van der Waals surface area contributed by atoms with Crippen molar-refractivity contribution in [2.24, 2.45) is 0 Å². The summed E-state index contributed by atoms with van der Waals surface area (Å²) in [6.45, 7) is 5.97. The second kappa shape index (κ2) is 5.44. The Balaban J connectivity index is 2.30. The van der Waals surface area contributed by atoms with E-state index in [0.717, 1.165) is 18.8 Å². The zero-order valence-corrected chi connectivity index (χ0v) is 11.4. The summed E-state index contributed by atoms with van der Waals surface area (Å²) in [5, 5.41) is 14.2. The van der Waals surface area contributed by atoms with Crippen LogP contribution in [0.2, 0.25) is 0 Å². The van der Waals surface area contributed by atoms with E-state index < -0.39 is 4.92 Å². The zero-order valence-electron chi connectivity index (χ0n) is 11.4. The third-order valence-electron chi connectivity index (χ3n) is 3.27. The van der Waals surface area contributed by atoms with Crippen LogP contribution in [0.5, 0.6) is 5.75 Å². The highest BCUT2D eigenvalue weighted by Gasteiger charge is 2.24. The summed E-state index contributed by atoms with van der Waals surface area (Å²) in [5.74, 6) is 0.551. The number of nitrogens with one attached hydrogen (secondary N) is 1. The van der Waals surface area contributed by atoms with Crippen molar-refractivity contribution in [3.63, 3.8) is 0 Å². The first-order chi connectivity index (χ1) is 9.01. The van der Waals surface area contributed by atoms with Crippen molar-refractivity contribution in [2.75, 3.05) is 25.1 Å². The Bertz CT molecular complexity index is 468. The Kier molecular flexibility index (Phi) is 3.90. The van der Waals surface area contributed by atoms with Crippen LogP contribution in [0.1, 0.15) is 13.8 Å². The van der Waals surface area contributed by atoms with Crippen molar-refractivity contribution in [3.05, 3.63) is 28.3 Å². The van der Waals surface area contributed by atoms with Crippen LogP contribution in [0.3, 0.4) is 0 Å². The molecular weight excluding hydrogens is 246 g/mol. The van der Waals surface area contributed by atoms with E-state index in [1.54, 1.807) is 6.07 Å². The number of rotatable bonds is 3. The number of methoxy groups -OCH3 is 1. The monoisotopic (exact) mass is 265 g/mol. The largest absolute Gasteiger partial charge is 0.494 e. The predicted molar refractivity (Wildman–Crippen MR) is 73.9 cm³/mol. The maximum Gasteiger partial charge on any atom is 0.273 e. The second-order valence-corrected chi connectivity index (χ2v) is 4.99. The lowest BCUT2D eigenvalue weighted by Crippen LogP contribution is -2.54. The summed E-state index contributed by atoms with van der Waals surface area (Å²) in [6, 6.07) is 5.52. The molecule has 6 heteroatoms. The van der Waals surface area contributed by atoms with Crippen LogP contribution in [-0.2, 0) is 0 Å². The molecule has 2 rings (SSSR count). The number of anilines is 1. The molecule has 0 amide bonds. The minimum absolute atomic E-state index is 0.0526. The van der Waals surface area contributed by atoms with Gasteiger partial charge < -0.3 is 15.0 Å². The fourth-order valence-corrected chi connectivity index (χ4v) is 2.56. The van der Waals surface area contributed by atoms with Crippen LogP contribution in [0.25, 0.3) is 0 Å². The molecule has 1 saturated heterocycles. The summed E-state index contributed by atoms with van der Waals surface area (Å²) in [4.78, 5) is 12.6. The van der Waals surface area contributed by atoms with Crippen LogP contribution >= 0.6 is 0 Å². The van der Waals surface area contributed by atoms with Crippen LogP contribution in [0.15, 0.2) is 18.2 Å². The molecule has 0 radical (unpaired) electrons. The maximum absolute atomic E-state index is 10.8. The number of benzene rings is 1. The number of piperazine rings is 1. The van der Waals surface area contributed by atoms with Gasteiger partial charge in [0.2, 0.25) is 0 Å². The van der Waals surface area contributed by atoms with E-state index in [0.29, 0.717) is 17.8 Å². The van der Waals surface area contributed by atoms with E-state index in [-0.39, 0.29) is 5.69 Å². The minimum atomic E-state index is -0.407. The molecular formula is C13H19N3O3. The highest BCUT2D eigenvalue weighted by molar-refractivity contribution is 5.63. The summed E-state index contributed by atoms with van der Waals surface area (Å²) >= 11 is 0. The fourth-order valence-electron chi connectivity index (χ4n) is 2.56. The Labute approximate surface area is 112 Å². The SMILES string of the molecule is COc1cc([N+](=O)[O-])ccc1N1C[C@@H](C)N[C@@H](C)C1. The van der Waals surface area contributed by atoms with E-state index in [9.17, 15) is 10.1 Å². The standard InChI is InChI=1S/C13H19N3O3/c1-9-7-15(8-10(2)14-9)12-5-4-11(16(17)18)6-13(12)19-3/h4-6,9-10,14H,7-8H2,1-3H3/t9-,10+. The third-order valence-corrected chi connectivity index (χ3v) is 3.27. The highest BCUT2D eigenvalue weighted by atomic mass is 16.6. The topological polar surface area (TPSA) is 67.6 Å². The van der Waals surface area contributed by atoms with Gasteiger partial charge in [-0.1, -0.05) is 0 Å². The van der Waals surface area contributed by atoms with E-state index in [1.807, 2.05) is 0 Å². The number of nitro benzene ring substituents is 1. The van der Waals surface area contributed by atoms with Gasteiger partial charge in [0.25, 0.3) is 5.69 Å². The zero-order chi connectivity index (χ0) is 14.0. The quantitative estimate of drug-likeness (QED) is 0.666. The molecule has 1 aliphatic rings. The molecule has 19 heavy (non-hydrogen) atoms. The summed E-state index contributed by atoms with van der Waals surface area (Å²) in [6.07, 6.45) is 0. The van der Waals surface area contributed by atoms with Gasteiger partial charge in [0.05, 0.1) is 23.8 Å². The lowest BCUT2D eigenvalue weighted by Gasteiger charge is -2.38. The molecule has 2 atom stereocenters. The van der Waals surface area contributed by atoms with Gasteiger partial charge in [0.1, 0.15) is 5.75 Å². The van der Waals surface area contributed by atoms with Crippen molar-refractivity contribution in [3.8, 4) is 5.75 Å². The Morgan fingerprint density at radius 3 is 2.53 bits per heavy atom. The molecule has 0 bridgehead atoms. The first kappa shape index (κ1) is 13.6. The van der Waals surface area contributed by atoms with Crippen LogP contribution in [0, 0.1) is 10.1 Å². The Morgan fingerprint density at radius 1 is 1.37 bits per heavy atom. The number of nitrogens with zero attached hydrogens (tertiary/aromatic N) is 2. The highest BCUT2D eigenvalue weighted by Crippen LogP contribution is 2.33. The van der Waals surface area contributed by atoms with Crippen molar-refractivity contribution >= 4 is 11.4 Å². The Hall–Kier alpha value is -1.82. The lowest BCUT2D eigenvalue weighted by molar-refractivity contribution is -0.384. The molecule has 0 aromatic heterocycles. The van der Waals surface area contributed by atoms with Crippen molar-refractivity contribution < 1.29 is 9.66 Å². The number of hydrogen-bond donors (Lipinski definition) is 1. The number of hydrogen-bond acceptors (Lipinski definition) is 5. The van der Waals surface area contributed by atoms with Crippen LogP contribution in [-0.4, -0.2) is 37.2 Å². The molecule has 6 nitrogen and oxygen atoms in total. The molecule has 1 fully saturated rings. The van der Waals surface area contributed by atoms with Gasteiger partial charge in [-0.15, -0.1) is 0 Å². The van der Waals surface area contributed by atoms with E-state index in [2.05, 4.69) is 24.1 Å². The molecule has 104 valence electrons. The predicted octanol–water partition coefficient (Wildman–Crippen LogP) is 1.79. The Morgan fingerprint density at radius 2 is 2.00 bits per heavy atom. The average molecular weight is 265 g/mol. The molecule has 1 heterocycles. The number of non-ortho nitro benzene ring substituents is 1. The molecule has 0 saturated carbocycles. The maximum atomic E-state index is 10.8. The summed E-state index contributed by atoms with van der Waals surface area (Å²) < 4.78 is 5.29. The van der Waals surface area contributed by atoms with Crippen LogP contribution < -0.4 is 15.0 Å². The molecule has 1 aliphatic heterocycles. The first-order valence-electron chi connectivity index (χ1n) is 6.34. The van der Waals surface area contributed by atoms with Crippen molar-refractivity contribution in [2.45, 2.75) is 25.9 Å². The van der Waals surface area contributed by atoms with Gasteiger partial charge in [-0.3, -0.25) is 10.1 Å². The van der Waals surface area contributed by atoms with Gasteiger partial charge in [-0.25, -0.2) is 0 Å². The molecule has 1 aromatic rings. The van der Waals surface area contributed by atoms with Crippen LogP contribution in [0.4, 0.5) is 11.4 Å². The minimum Gasteiger partial charge on any atom is -0.494 e. The molecule has 1 N–H and O–H groups in total. The van der Waals surface area contributed by atoms with E-state index in [1.165, 1.54) is 19.2 Å². The molecule has 0 spiro atoms. The molecule has 0 unspecified atom stereocenters. The summed E-state index contributed by atoms with van der Waals surface area (Å²) in [5.41, 5.74) is 0.963. The van der Waals surface area contributed by atoms with E-state index in [4.69, 9.17) is 4.74 Å². The first-order valence-corrected chi connectivity index (χ1v) is 6.34. The smallest absolute Gasteiger partial charge is 0.273 e. The van der Waals surface area contributed by atoms with Gasteiger partial charge in [0, 0.05) is 31.2 Å². The lowest BCUT2D eigenvalue weighted by atomic mass is 10.1. The second-order valence-electron chi connectivity index (χ2n) is 4.99. The third kappa shape index (κ3) is 2.96. The number of ether oxygens (including phenoxy) is 1. The number of nitro groups is 1. The normalized spacial score (nSPS) is 23.2. The van der Waals surface area contributed by atoms with E-state index >= 15 is 0 Å². The van der Waals surface area contributed by atoms with Crippen molar-refractivity contribution in [1.82, 2.24) is 5.32 Å². The molecule has 0 aliphatic carbocycles. The van der Waals surface area contributed by atoms with Gasteiger partial charge in [-0.2, -0.15) is 0 Å². The molecule has 1 aromatic carbocycles. The van der Waals surface area contributed by atoms with Gasteiger partial charge >= 0.3 is 0 Å². The van der Waals surface area contributed by atoms with Gasteiger partial charge in [0.15, 0.2) is 0 Å². The fraction of sp³-hybridized carbons (Fsp3) is 0.538.